The first-order valence-electron chi connectivity index (χ1n) is 5.45. The molecule has 4 heteroatoms. The molecule has 0 atom stereocenters. The van der Waals surface area contributed by atoms with E-state index < -0.39 is 0 Å². The first-order chi connectivity index (χ1) is 6.59. The smallest absolute Gasteiger partial charge is 0.210 e. The Morgan fingerprint density at radius 3 is 2.00 bits per heavy atom. The van der Waals surface area contributed by atoms with Crippen LogP contribution in [0.5, 0.6) is 0 Å². The van der Waals surface area contributed by atoms with E-state index >= 15 is 0 Å². The van der Waals surface area contributed by atoms with Crippen molar-refractivity contribution in [3.05, 3.63) is 0 Å². The second-order valence-corrected chi connectivity index (χ2v) is 6.16. The van der Waals surface area contributed by atoms with Gasteiger partial charge >= 0.3 is 0 Å². The molecule has 0 aromatic heterocycles. The first kappa shape index (κ1) is 12.3. The maximum atomic E-state index is 4.64. The molecule has 0 spiro atoms. The van der Waals surface area contributed by atoms with Crippen molar-refractivity contribution in [3.8, 4) is 0 Å². The van der Waals surface area contributed by atoms with Crippen molar-refractivity contribution < 1.29 is 0 Å². The van der Waals surface area contributed by atoms with Gasteiger partial charge in [0.2, 0.25) is 5.96 Å². The van der Waals surface area contributed by atoms with Gasteiger partial charge in [0.25, 0.3) is 0 Å². The molecule has 1 saturated heterocycles. The summed E-state index contributed by atoms with van der Waals surface area (Å²) >= 11 is 0. The zero-order chi connectivity index (χ0) is 11.9. The number of guanidine groups is 1. The molecule has 0 amide bonds. The molecule has 15 heavy (non-hydrogen) atoms. The number of aliphatic imine (C=N–C) groups is 1. The van der Waals surface area contributed by atoms with Gasteiger partial charge in [0.1, 0.15) is 0 Å². The van der Waals surface area contributed by atoms with Gasteiger partial charge in [0.05, 0.1) is 12.2 Å². The van der Waals surface area contributed by atoms with Gasteiger partial charge in [-0.3, -0.25) is 5.43 Å². The van der Waals surface area contributed by atoms with Crippen LogP contribution < -0.4 is 5.43 Å². The molecule has 0 aliphatic carbocycles. The molecule has 1 aliphatic rings. The number of nitrogens with zero attached hydrogens (tertiary/aromatic N) is 3. The van der Waals surface area contributed by atoms with E-state index in [1.807, 2.05) is 0 Å². The highest BCUT2D eigenvalue weighted by Gasteiger charge is 2.31. The van der Waals surface area contributed by atoms with E-state index in [0.29, 0.717) is 0 Å². The van der Waals surface area contributed by atoms with Gasteiger partial charge in [-0.15, -0.1) is 0 Å². The summed E-state index contributed by atoms with van der Waals surface area (Å²) in [6.45, 7) is 13.8. The van der Waals surface area contributed by atoms with Gasteiger partial charge in [-0.25, -0.2) is 4.99 Å². The van der Waals surface area contributed by atoms with E-state index in [-0.39, 0.29) is 11.1 Å². The predicted octanol–water partition coefficient (Wildman–Crippen LogP) is 1.65. The lowest BCUT2D eigenvalue weighted by Crippen LogP contribution is -2.47. The van der Waals surface area contributed by atoms with Gasteiger partial charge in [-0.1, -0.05) is 0 Å². The van der Waals surface area contributed by atoms with Crippen LogP contribution in [0.1, 0.15) is 41.5 Å². The lowest BCUT2D eigenvalue weighted by molar-refractivity contribution is 0.105. The monoisotopic (exact) mass is 212 g/mol. The molecule has 1 N–H and O–H groups in total. The quantitative estimate of drug-likeness (QED) is 0.662. The standard InChI is InChI=1S/C11H24N4/c1-10(2,3)12-9-13-15(8-14(9)7)11(4,5)6/h8H2,1-7H3,(H,12,13). The Kier molecular flexibility index (Phi) is 3.01. The minimum absolute atomic E-state index is 0.0372. The highest BCUT2D eigenvalue weighted by atomic mass is 15.7. The normalized spacial score (nSPS) is 22.3. The lowest BCUT2D eigenvalue weighted by Gasteiger charge is -2.29. The van der Waals surface area contributed by atoms with Crippen molar-refractivity contribution >= 4 is 5.96 Å². The molecule has 1 aliphatic heterocycles. The van der Waals surface area contributed by atoms with Crippen LogP contribution in [-0.2, 0) is 0 Å². The molecule has 0 bridgehead atoms. The van der Waals surface area contributed by atoms with E-state index in [1.54, 1.807) is 0 Å². The number of hydrogen-bond acceptors (Lipinski definition) is 2. The summed E-state index contributed by atoms with van der Waals surface area (Å²) in [5.41, 5.74) is 3.42. The topological polar surface area (TPSA) is 30.9 Å². The Morgan fingerprint density at radius 1 is 1.13 bits per heavy atom. The maximum absolute atomic E-state index is 4.64. The highest BCUT2D eigenvalue weighted by molar-refractivity contribution is 5.81. The van der Waals surface area contributed by atoms with Crippen LogP contribution in [0.2, 0.25) is 0 Å². The van der Waals surface area contributed by atoms with E-state index in [0.717, 1.165) is 12.6 Å². The number of hydrazine groups is 1. The average Bonchev–Trinajstić information content (AvgIpc) is 2.27. The Morgan fingerprint density at radius 2 is 1.67 bits per heavy atom. The van der Waals surface area contributed by atoms with Crippen molar-refractivity contribution in [2.24, 2.45) is 4.99 Å². The van der Waals surface area contributed by atoms with Crippen LogP contribution in [0.4, 0.5) is 0 Å². The summed E-state index contributed by atoms with van der Waals surface area (Å²) in [6, 6.07) is 0. The molecule has 0 radical (unpaired) electrons. The van der Waals surface area contributed by atoms with E-state index in [4.69, 9.17) is 0 Å². The largest absolute Gasteiger partial charge is 0.330 e. The molecule has 1 fully saturated rings. The second kappa shape index (κ2) is 3.67. The van der Waals surface area contributed by atoms with E-state index in [9.17, 15) is 0 Å². The third-order valence-corrected chi connectivity index (χ3v) is 2.20. The van der Waals surface area contributed by atoms with Crippen molar-refractivity contribution in [1.82, 2.24) is 15.3 Å². The SMILES string of the molecule is CN1CN(C(C)(C)C)NC1=NC(C)(C)C. The van der Waals surface area contributed by atoms with Crippen molar-refractivity contribution in [3.63, 3.8) is 0 Å². The fourth-order valence-corrected chi connectivity index (χ4v) is 1.33. The molecule has 0 aromatic carbocycles. The van der Waals surface area contributed by atoms with Crippen LogP contribution in [0, 0.1) is 0 Å². The summed E-state index contributed by atoms with van der Waals surface area (Å²) < 4.78 is 0. The molecule has 1 heterocycles. The molecular weight excluding hydrogens is 188 g/mol. The Balaban J connectivity index is 2.78. The average molecular weight is 212 g/mol. The maximum Gasteiger partial charge on any atom is 0.210 e. The lowest BCUT2D eigenvalue weighted by atomic mass is 10.1. The van der Waals surface area contributed by atoms with Crippen molar-refractivity contribution in [2.45, 2.75) is 52.6 Å². The van der Waals surface area contributed by atoms with Crippen molar-refractivity contribution in [2.75, 3.05) is 13.7 Å². The molecule has 4 nitrogen and oxygen atoms in total. The minimum Gasteiger partial charge on any atom is -0.330 e. The van der Waals surface area contributed by atoms with Crippen LogP contribution in [0.25, 0.3) is 0 Å². The van der Waals surface area contributed by atoms with Crippen LogP contribution in [-0.4, -0.2) is 40.7 Å². The summed E-state index contributed by atoms with van der Waals surface area (Å²) in [4.78, 5) is 6.78. The van der Waals surface area contributed by atoms with Gasteiger partial charge in [0.15, 0.2) is 0 Å². The molecule has 0 aromatic rings. The summed E-state index contributed by atoms with van der Waals surface area (Å²) in [5.74, 6) is 0.956. The number of nitrogens with one attached hydrogen (secondary N) is 1. The molecule has 88 valence electrons. The van der Waals surface area contributed by atoms with Gasteiger partial charge in [0, 0.05) is 12.6 Å². The van der Waals surface area contributed by atoms with Crippen molar-refractivity contribution in [1.29, 1.82) is 0 Å². The zero-order valence-electron chi connectivity index (χ0n) is 11.0. The summed E-state index contributed by atoms with van der Waals surface area (Å²) in [6.07, 6.45) is 0. The van der Waals surface area contributed by atoms with Crippen LogP contribution in [0.15, 0.2) is 4.99 Å². The number of rotatable bonds is 0. The fraction of sp³-hybridized carbons (Fsp3) is 0.909. The predicted molar refractivity (Wildman–Crippen MR) is 64.5 cm³/mol. The molecule has 0 unspecified atom stereocenters. The van der Waals surface area contributed by atoms with E-state index in [1.165, 1.54) is 0 Å². The third kappa shape index (κ3) is 3.38. The molecular formula is C11H24N4. The van der Waals surface area contributed by atoms with Gasteiger partial charge in [-0.2, -0.15) is 5.01 Å². The van der Waals surface area contributed by atoms with Crippen LogP contribution >= 0.6 is 0 Å². The Labute approximate surface area is 93.3 Å². The van der Waals surface area contributed by atoms with E-state index in [2.05, 4.69) is 68.9 Å². The zero-order valence-corrected chi connectivity index (χ0v) is 11.0. The highest BCUT2D eigenvalue weighted by Crippen LogP contribution is 2.16. The van der Waals surface area contributed by atoms with Gasteiger partial charge < -0.3 is 4.90 Å². The second-order valence-electron chi connectivity index (χ2n) is 6.16. The Bertz CT molecular complexity index is 257. The number of hydrogen-bond donors (Lipinski definition) is 1. The minimum atomic E-state index is -0.0372. The fourth-order valence-electron chi connectivity index (χ4n) is 1.33. The third-order valence-electron chi connectivity index (χ3n) is 2.20. The molecule has 0 saturated carbocycles. The van der Waals surface area contributed by atoms with Crippen LogP contribution in [0.3, 0.4) is 0 Å². The van der Waals surface area contributed by atoms with Gasteiger partial charge in [-0.05, 0) is 41.5 Å². The summed E-state index contributed by atoms with van der Waals surface area (Å²) in [5, 5.41) is 2.19. The first-order valence-corrected chi connectivity index (χ1v) is 5.45. The summed E-state index contributed by atoms with van der Waals surface area (Å²) in [7, 11) is 2.06. The Hall–Kier alpha value is -0.770. The molecule has 1 rings (SSSR count).